The van der Waals surface area contributed by atoms with Crippen molar-refractivity contribution in [3.05, 3.63) is 0 Å². The topological polar surface area (TPSA) is 149 Å². The molecule has 0 amide bonds. The van der Waals surface area contributed by atoms with E-state index >= 15 is 0 Å². The highest BCUT2D eigenvalue weighted by Gasteiger charge is 2.89. The van der Waals surface area contributed by atoms with E-state index in [2.05, 4.69) is 0 Å². The number of alkyl halides is 2. The number of aliphatic carboxylic acids is 4. The van der Waals surface area contributed by atoms with Crippen LogP contribution in [0.15, 0.2) is 0 Å². The Kier molecular flexibility index (Phi) is 3.43. The Balaban J connectivity index is 2.58. The lowest BCUT2D eigenvalue weighted by Crippen LogP contribution is -2.84. The van der Waals surface area contributed by atoms with Gasteiger partial charge in [0.15, 0.2) is 0 Å². The van der Waals surface area contributed by atoms with Gasteiger partial charge in [0, 0.05) is 11.3 Å². The van der Waals surface area contributed by atoms with Gasteiger partial charge in [-0.25, -0.2) is 18.4 Å². The van der Waals surface area contributed by atoms with Crippen molar-refractivity contribution in [3.8, 4) is 0 Å². The first-order valence-corrected chi connectivity index (χ1v) is 6.66. The van der Waals surface area contributed by atoms with Crippen molar-refractivity contribution in [1.82, 2.24) is 0 Å². The van der Waals surface area contributed by atoms with Gasteiger partial charge in [-0.05, 0) is 12.8 Å². The molecular formula is C13H14F2O8. The second-order valence-corrected chi connectivity index (χ2v) is 6.28. The van der Waals surface area contributed by atoms with Crippen molar-refractivity contribution >= 4 is 23.9 Å². The third-order valence-corrected chi connectivity index (χ3v) is 5.40. The number of fused-ring (bicyclic) bond motifs is 1. The SMILES string of the molecule is CC12CC(C(=O)O)C(C(=O)O)CC1C(F)(C(=O)O)C2(F)C(=O)O. The Hall–Kier alpha value is -2.26. The minimum absolute atomic E-state index is 0.773. The van der Waals surface area contributed by atoms with Crippen LogP contribution in [-0.4, -0.2) is 55.6 Å². The molecule has 0 radical (unpaired) electrons. The molecule has 2 fully saturated rings. The molecule has 0 bridgehead atoms. The van der Waals surface area contributed by atoms with Crippen molar-refractivity contribution in [1.29, 1.82) is 0 Å². The van der Waals surface area contributed by atoms with Gasteiger partial charge < -0.3 is 20.4 Å². The van der Waals surface area contributed by atoms with Gasteiger partial charge in [0.05, 0.1) is 11.8 Å². The van der Waals surface area contributed by atoms with Crippen LogP contribution in [-0.2, 0) is 19.2 Å². The Bertz CT molecular complexity index is 621. The molecule has 0 saturated heterocycles. The number of carboxylic acid groups (broad SMARTS) is 4. The molecule has 0 aromatic rings. The largest absolute Gasteiger partial charge is 0.481 e. The minimum atomic E-state index is -3.84. The second-order valence-electron chi connectivity index (χ2n) is 6.28. The monoisotopic (exact) mass is 336 g/mol. The highest BCUT2D eigenvalue weighted by molar-refractivity contribution is 5.96. The summed E-state index contributed by atoms with van der Waals surface area (Å²) in [5, 5.41) is 36.2. The van der Waals surface area contributed by atoms with Crippen LogP contribution < -0.4 is 0 Å². The number of rotatable bonds is 4. The van der Waals surface area contributed by atoms with Gasteiger partial charge in [-0.15, -0.1) is 0 Å². The van der Waals surface area contributed by atoms with E-state index < -0.39 is 71.2 Å². The standard InChI is InChI=1S/C13H14F2O8/c1-11-3-5(8(18)19)4(7(16)17)2-6(11)12(14,9(20)21)13(11,15)10(22)23/h4-6H,2-3H2,1H3,(H,16,17)(H,18,19)(H,20,21)(H,22,23). The summed E-state index contributed by atoms with van der Waals surface area (Å²) in [5.74, 6) is -12.9. The first-order valence-electron chi connectivity index (χ1n) is 6.66. The summed E-state index contributed by atoms with van der Waals surface area (Å²) < 4.78 is 29.7. The van der Waals surface area contributed by atoms with Crippen LogP contribution in [0.1, 0.15) is 19.8 Å². The maximum Gasteiger partial charge on any atom is 0.346 e. The van der Waals surface area contributed by atoms with E-state index in [1.807, 2.05) is 0 Å². The molecule has 8 nitrogen and oxygen atoms in total. The fourth-order valence-electron chi connectivity index (χ4n) is 4.21. The quantitative estimate of drug-likeness (QED) is 0.576. The third kappa shape index (κ3) is 1.68. The van der Waals surface area contributed by atoms with Gasteiger partial charge in [0.25, 0.3) is 11.3 Å². The van der Waals surface area contributed by atoms with E-state index in [-0.39, 0.29) is 0 Å². The summed E-state index contributed by atoms with van der Waals surface area (Å²) in [4.78, 5) is 44.8. The van der Waals surface area contributed by atoms with E-state index in [0.717, 1.165) is 6.92 Å². The maximum absolute atomic E-state index is 14.9. The predicted octanol–water partition coefficient (Wildman–Crippen LogP) is 0.404. The van der Waals surface area contributed by atoms with Gasteiger partial charge in [0.2, 0.25) is 0 Å². The summed E-state index contributed by atoms with van der Waals surface area (Å²) in [5.41, 5.74) is -9.79. The molecule has 4 N–H and O–H groups in total. The fraction of sp³-hybridized carbons (Fsp3) is 0.692. The van der Waals surface area contributed by atoms with Gasteiger partial charge in [-0.2, -0.15) is 0 Å². The Morgan fingerprint density at radius 2 is 1.39 bits per heavy atom. The second kappa shape index (κ2) is 4.62. The molecule has 128 valence electrons. The fourth-order valence-corrected chi connectivity index (χ4v) is 4.21. The molecule has 23 heavy (non-hydrogen) atoms. The van der Waals surface area contributed by atoms with Crippen molar-refractivity contribution in [2.24, 2.45) is 23.2 Å². The smallest absolute Gasteiger partial charge is 0.346 e. The molecular weight excluding hydrogens is 322 g/mol. The Labute approximate surface area is 127 Å². The average Bonchev–Trinajstić information content (AvgIpc) is 2.43. The zero-order valence-corrected chi connectivity index (χ0v) is 11.8. The van der Waals surface area contributed by atoms with Crippen LogP contribution in [0.2, 0.25) is 0 Å². The van der Waals surface area contributed by atoms with Crippen molar-refractivity contribution < 1.29 is 48.4 Å². The molecule has 0 aromatic carbocycles. The lowest BCUT2D eigenvalue weighted by atomic mass is 9.37. The predicted molar refractivity (Wildman–Crippen MR) is 66.0 cm³/mol. The van der Waals surface area contributed by atoms with Crippen LogP contribution in [0.25, 0.3) is 0 Å². The number of carboxylic acids is 4. The molecule has 6 atom stereocenters. The highest BCUT2D eigenvalue weighted by Crippen LogP contribution is 2.71. The summed E-state index contributed by atoms with van der Waals surface area (Å²) in [6.45, 7) is 0.945. The average molecular weight is 336 g/mol. The van der Waals surface area contributed by atoms with Gasteiger partial charge >= 0.3 is 23.9 Å². The zero-order valence-electron chi connectivity index (χ0n) is 11.8. The molecule has 0 aliphatic heterocycles. The van der Waals surface area contributed by atoms with Crippen molar-refractivity contribution in [2.75, 3.05) is 0 Å². The molecule has 0 heterocycles. The van der Waals surface area contributed by atoms with Crippen LogP contribution in [0, 0.1) is 23.2 Å². The number of carbonyl (C=O) groups is 4. The Morgan fingerprint density at radius 1 is 0.913 bits per heavy atom. The number of hydrogen-bond acceptors (Lipinski definition) is 4. The summed E-state index contributed by atoms with van der Waals surface area (Å²) >= 11 is 0. The Morgan fingerprint density at radius 3 is 1.74 bits per heavy atom. The van der Waals surface area contributed by atoms with Gasteiger partial charge in [-0.3, -0.25) is 9.59 Å². The van der Waals surface area contributed by atoms with Gasteiger partial charge in [0.1, 0.15) is 0 Å². The van der Waals surface area contributed by atoms with Crippen LogP contribution in [0.5, 0.6) is 0 Å². The summed E-state index contributed by atoms with van der Waals surface area (Å²) in [6.07, 6.45) is -1.56. The third-order valence-electron chi connectivity index (χ3n) is 5.40. The number of halogens is 2. The normalized spacial score (nSPS) is 45.4. The molecule has 10 heteroatoms. The zero-order chi connectivity index (χ0) is 18.0. The first-order chi connectivity index (χ1) is 10.4. The van der Waals surface area contributed by atoms with Crippen LogP contribution in [0.4, 0.5) is 8.78 Å². The van der Waals surface area contributed by atoms with E-state index in [1.54, 1.807) is 0 Å². The first kappa shape index (κ1) is 17.1. The van der Waals surface area contributed by atoms with E-state index in [9.17, 15) is 28.0 Å². The summed E-state index contributed by atoms with van der Waals surface area (Å²) in [6, 6.07) is 0. The van der Waals surface area contributed by atoms with Crippen molar-refractivity contribution in [3.63, 3.8) is 0 Å². The molecule has 2 saturated carbocycles. The molecule has 0 aromatic heterocycles. The van der Waals surface area contributed by atoms with Crippen LogP contribution >= 0.6 is 0 Å². The van der Waals surface area contributed by atoms with E-state index in [4.69, 9.17) is 20.4 Å². The van der Waals surface area contributed by atoms with Crippen LogP contribution in [0.3, 0.4) is 0 Å². The minimum Gasteiger partial charge on any atom is -0.481 e. The van der Waals surface area contributed by atoms with E-state index in [0.29, 0.717) is 0 Å². The maximum atomic E-state index is 14.9. The van der Waals surface area contributed by atoms with Gasteiger partial charge in [-0.1, -0.05) is 6.92 Å². The molecule has 2 aliphatic rings. The van der Waals surface area contributed by atoms with Crippen molar-refractivity contribution in [2.45, 2.75) is 31.1 Å². The van der Waals surface area contributed by atoms with E-state index in [1.165, 1.54) is 0 Å². The lowest BCUT2D eigenvalue weighted by Gasteiger charge is -2.65. The molecule has 0 spiro atoms. The summed E-state index contributed by atoms with van der Waals surface area (Å²) in [7, 11) is 0. The molecule has 6 unspecified atom stereocenters. The lowest BCUT2D eigenvalue weighted by molar-refractivity contribution is -0.295. The molecule has 2 aliphatic carbocycles. The number of hydrogen-bond donors (Lipinski definition) is 4. The molecule has 2 rings (SSSR count). The highest BCUT2D eigenvalue weighted by atomic mass is 19.2.